The van der Waals surface area contributed by atoms with Gasteiger partial charge in [0.25, 0.3) is 0 Å². The van der Waals surface area contributed by atoms with Crippen LogP contribution >= 0.6 is 0 Å². The SMILES string of the molecule is CCC1CCCCN1CCCCC1COC2(CCC(C(C)(C)C)CC2)O1. The summed E-state index contributed by atoms with van der Waals surface area (Å²) in [4.78, 5) is 2.74. The fourth-order valence-electron chi connectivity index (χ4n) is 5.45. The second-order valence-electron chi connectivity index (χ2n) is 10.2. The predicted molar refractivity (Wildman–Crippen MR) is 108 cm³/mol. The molecule has 1 aliphatic carbocycles. The third-order valence-corrected chi connectivity index (χ3v) is 7.33. The molecule has 0 radical (unpaired) electrons. The molecule has 2 unspecified atom stereocenters. The molecule has 2 heterocycles. The number of likely N-dealkylation sites (tertiary alicyclic amines) is 1. The Hall–Kier alpha value is -0.120. The summed E-state index contributed by atoms with van der Waals surface area (Å²) in [5, 5.41) is 0. The van der Waals surface area contributed by atoms with E-state index in [2.05, 4.69) is 32.6 Å². The van der Waals surface area contributed by atoms with E-state index in [4.69, 9.17) is 9.47 Å². The Morgan fingerprint density at radius 1 is 1.04 bits per heavy atom. The van der Waals surface area contributed by atoms with Crippen LogP contribution in [0.25, 0.3) is 0 Å². The molecular weight excluding hydrogens is 322 g/mol. The lowest BCUT2D eigenvalue weighted by atomic mass is 9.71. The van der Waals surface area contributed by atoms with Crippen LogP contribution in [-0.4, -0.2) is 42.5 Å². The van der Waals surface area contributed by atoms with E-state index in [1.807, 2.05) is 0 Å². The molecule has 0 aromatic heterocycles. The van der Waals surface area contributed by atoms with Gasteiger partial charge in [0, 0.05) is 18.9 Å². The van der Waals surface area contributed by atoms with Crippen molar-refractivity contribution >= 4 is 0 Å². The highest BCUT2D eigenvalue weighted by Gasteiger charge is 2.45. The lowest BCUT2D eigenvalue weighted by Gasteiger charge is -2.41. The highest BCUT2D eigenvalue weighted by atomic mass is 16.7. The topological polar surface area (TPSA) is 21.7 Å². The normalized spacial score (nSPS) is 36.7. The van der Waals surface area contributed by atoms with E-state index in [1.54, 1.807) is 0 Å². The van der Waals surface area contributed by atoms with E-state index >= 15 is 0 Å². The van der Waals surface area contributed by atoms with Crippen LogP contribution in [0.3, 0.4) is 0 Å². The molecule has 1 spiro atoms. The van der Waals surface area contributed by atoms with Gasteiger partial charge in [-0.05, 0) is 75.8 Å². The number of hydrogen-bond donors (Lipinski definition) is 0. The van der Waals surface area contributed by atoms with Crippen molar-refractivity contribution in [2.45, 2.75) is 116 Å². The van der Waals surface area contributed by atoms with Crippen LogP contribution in [0.2, 0.25) is 0 Å². The Morgan fingerprint density at radius 2 is 1.81 bits per heavy atom. The van der Waals surface area contributed by atoms with Crippen molar-refractivity contribution in [2.75, 3.05) is 19.7 Å². The summed E-state index contributed by atoms with van der Waals surface area (Å²) < 4.78 is 12.7. The van der Waals surface area contributed by atoms with Crippen LogP contribution in [-0.2, 0) is 9.47 Å². The molecule has 3 fully saturated rings. The summed E-state index contributed by atoms with van der Waals surface area (Å²) in [5.41, 5.74) is 0.421. The quantitative estimate of drug-likeness (QED) is 0.558. The molecule has 3 nitrogen and oxygen atoms in total. The van der Waals surface area contributed by atoms with E-state index < -0.39 is 0 Å². The average Bonchev–Trinajstić information content (AvgIpc) is 3.01. The van der Waals surface area contributed by atoms with Crippen molar-refractivity contribution in [1.29, 1.82) is 0 Å². The number of nitrogens with zero attached hydrogens (tertiary/aromatic N) is 1. The van der Waals surface area contributed by atoms with Crippen LogP contribution in [0.1, 0.15) is 98.3 Å². The van der Waals surface area contributed by atoms with E-state index in [0.29, 0.717) is 11.5 Å². The molecule has 1 saturated carbocycles. The highest BCUT2D eigenvalue weighted by molar-refractivity contribution is 4.88. The van der Waals surface area contributed by atoms with Crippen molar-refractivity contribution in [2.24, 2.45) is 11.3 Å². The zero-order valence-corrected chi connectivity index (χ0v) is 17.9. The van der Waals surface area contributed by atoms with Gasteiger partial charge in [-0.15, -0.1) is 0 Å². The second-order valence-corrected chi connectivity index (χ2v) is 10.2. The molecule has 152 valence electrons. The Labute approximate surface area is 162 Å². The summed E-state index contributed by atoms with van der Waals surface area (Å²) in [5.74, 6) is 0.586. The summed E-state index contributed by atoms with van der Waals surface area (Å²) in [6.07, 6.45) is 14.4. The average molecular weight is 366 g/mol. The number of piperidine rings is 1. The van der Waals surface area contributed by atoms with Crippen LogP contribution < -0.4 is 0 Å². The van der Waals surface area contributed by atoms with Gasteiger partial charge >= 0.3 is 0 Å². The van der Waals surface area contributed by atoms with Gasteiger partial charge in [0.05, 0.1) is 12.7 Å². The predicted octanol–water partition coefficient (Wildman–Crippen LogP) is 5.77. The largest absolute Gasteiger partial charge is 0.347 e. The standard InChI is InChI=1S/C23H43NO2/c1-5-20-10-6-8-16-24(20)17-9-7-11-21-18-25-23(26-21)14-12-19(13-15-23)22(2,3)4/h19-21H,5-18H2,1-4H3. The first-order valence-corrected chi connectivity index (χ1v) is 11.5. The summed E-state index contributed by atoms with van der Waals surface area (Å²) in [6.45, 7) is 12.9. The second kappa shape index (κ2) is 8.92. The number of ether oxygens (including phenoxy) is 2. The minimum Gasteiger partial charge on any atom is -0.347 e. The Morgan fingerprint density at radius 3 is 2.50 bits per heavy atom. The molecule has 0 N–H and O–H groups in total. The first-order chi connectivity index (χ1) is 12.4. The molecule has 3 rings (SSSR count). The molecule has 0 aromatic carbocycles. The van der Waals surface area contributed by atoms with Gasteiger partial charge in [-0.1, -0.05) is 34.1 Å². The van der Waals surface area contributed by atoms with Crippen molar-refractivity contribution in [1.82, 2.24) is 4.90 Å². The first kappa shape index (κ1) is 20.6. The molecule has 2 aliphatic heterocycles. The first-order valence-electron chi connectivity index (χ1n) is 11.5. The van der Waals surface area contributed by atoms with Gasteiger partial charge in [-0.2, -0.15) is 0 Å². The zero-order valence-electron chi connectivity index (χ0n) is 17.9. The van der Waals surface area contributed by atoms with E-state index in [0.717, 1.165) is 31.4 Å². The number of hydrogen-bond acceptors (Lipinski definition) is 3. The summed E-state index contributed by atoms with van der Waals surface area (Å²) >= 11 is 0. The fourth-order valence-corrected chi connectivity index (χ4v) is 5.45. The van der Waals surface area contributed by atoms with Crippen LogP contribution in [0.4, 0.5) is 0 Å². The van der Waals surface area contributed by atoms with Crippen molar-refractivity contribution in [3.8, 4) is 0 Å². The molecule has 0 amide bonds. The summed E-state index contributed by atoms with van der Waals surface area (Å²) in [6, 6.07) is 0.844. The molecule has 26 heavy (non-hydrogen) atoms. The zero-order chi connectivity index (χ0) is 18.6. The van der Waals surface area contributed by atoms with Crippen LogP contribution in [0.15, 0.2) is 0 Å². The molecular formula is C23H43NO2. The van der Waals surface area contributed by atoms with Crippen molar-refractivity contribution in [3.05, 3.63) is 0 Å². The molecule has 2 saturated heterocycles. The third-order valence-electron chi connectivity index (χ3n) is 7.33. The lowest BCUT2D eigenvalue weighted by molar-refractivity contribution is -0.197. The Bertz CT molecular complexity index is 422. The van der Waals surface area contributed by atoms with Crippen LogP contribution in [0, 0.1) is 11.3 Å². The van der Waals surface area contributed by atoms with Gasteiger partial charge in [0.2, 0.25) is 0 Å². The van der Waals surface area contributed by atoms with E-state index in [9.17, 15) is 0 Å². The van der Waals surface area contributed by atoms with Gasteiger partial charge in [0.1, 0.15) is 0 Å². The van der Waals surface area contributed by atoms with Crippen molar-refractivity contribution < 1.29 is 9.47 Å². The third kappa shape index (κ3) is 5.23. The maximum absolute atomic E-state index is 6.45. The van der Waals surface area contributed by atoms with Gasteiger partial charge < -0.3 is 14.4 Å². The fraction of sp³-hybridized carbons (Fsp3) is 1.00. The Kier molecular flexibility index (Phi) is 7.07. The highest BCUT2D eigenvalue weighted by Crippen LogP contribution is 2.46. The lowest BCUT2D eigenvalue weighted by Crippen LogP contribution is -2.39. The van der Waals surface area contributed by atoms with E-state index in [-0.39, 0.29) is 5.79 Å². The minimum absolute atomic E-state index is 0.230. The van der Waals surface area contributed by atoms with Gasteiger partial charge in [-0.25, -0.2) is 0 Å². The molecule has 0 bridgehead atoms. The molecule has 3 aliphatic rings. The van der Waals surface area contributed by atoms with Gasteiger partial charge in [0.15, 0.2) is 5.79 Å². The molecule has 0 aromatic rings. The Balaban J connectivity index is 1.34. The monoisotopic (exact) mass is 365 g/mol. The maximum atomic E-state index is 6.45. The molecule has 3 heteroatoms. The van der Waals surface area contributed by atoms with Crippen molar-refractivity contribution in [3.63, 3.8) is 0 Å². The summed E-state index contributed by atoms with van der Waals surface area (Å²) in [7, 11) is 0. The number of unbranched alkanes of at least 4 members (excludes halogenated alkanes) is 1. The maximum Gasteiger partial charge on any atom is 0.168 e. The number of rotatable bonds is 6. The van der Waals surface area contributed by atoms with Gasteiger partial charge in [-0.3, -0.25) is 0 Å². The molecule has 2 atom stereocenters. The minimum atomic E-state index is -0.230. The van der Waals surface area contributed by atoms with E-state index in [1.165, 1.54) is 70.9 Å². The smallest absolute Gasteiger partial charge is 0.168 e. The van der Waals surface area contributed by atoms with Crippen LogP contribution in [0.5, 0.6) is 0 Å².